The van der Waals surface area contributed by atoms with Gasteiger partial charge in [0.15, 0.2) is 0 Å². The highest BCUT2D eigenvalue weighted by atomic mass is 19.1. The molecule has 1 heterocycles. The van der Waals surface area contributed by atoms with Gasteiger partial charge in [0.25, 0.3) is 0 Å². The average Bonchev–Trinajstić information content (AvgIpc) is 2.36. The Kier molecular flexibility index (Phi) is 4.26. The van der Waals surface area contributed by atoms with Crippen molar-refractivity contribution in [3.05, 3.63) is 35.1 Å². The summed E-state index contributed by atoms with van der Waals surface area (Å²) >= 11 is 0. The zero-order chi connectivity index (χ0) is 14.0. The third-order valence-corrected chi connectivity index (χ3v) is 4.37. The van der Waals surface area contributed by atoms with Crippen LogP contribution in [0, 0.1) is 11.2 Å². The highest BCUT2D eigenvalue weighted by Gasteiger charge is 2.33. The Balaban J connectivity index is 2.14. The number of hydrogen-bond donors (Lipinski definition) is 1. The Hall–Kier alpha value is -0.930. The van der Waals surface area contributed by atoms with E-state index in [0.29, 0.717) is 6.54 Å². The minimum absolute atomic E-state index is 0.0768. The molecule has 1 atom stereocenters. The molecule has 19 heavy (non-hydrogen) atoms. The second-order valence-corrected chi connectivity index (χ2v) is 6.33. The van der Waals surface area contributed by atoms with Crippen molar-refractivity contribution in [3.63, 3.8) is 0 Å². The van der Waals surface area contributed by atoms with Crippen LogP contribution in [0.4, 0.5) is 4.39 Å². The zero-order valence-electron chi connectivity index (χ0n) is 12.2. The lowest BCUT2D eigenvalue weighted by Gasteiger charge is -2.42. The zero-order valence-corrected chi connectivity index (χ0v) is 12.2. The molecular formula is C16H25FN2. The van der Waals surface area contributed by atoms with E-state index >= 15 is 0 Å². The standard InChI is InChI=1S/C16H25FN2/c1-4-12-6-5-7-14(17)13(12)10-19-9-8-15(18)16(2,3)11-19/h5-7,15H,4,8-11,18H2,1-3H3. The first-order valence-electron chi connectivity index (χ1n) is 7.18. The van der Waals surface area contributed by atoms with Crippen LogP contribution in [-0.2, 0) is 13.0 Å². The first-order valence-corrected chi connectivity index (χ1v) is 7.18. The van der Waals surface area contributed by atoms with Gasteiger partial charge in [-0.3, -0.25) is 4.90 Å². The van der Waals surface area contributed by atoms with Crippen molar-refractivity contribution < 1.29 is 4.39 Å². The molecule has 1 aromatic rings. The Morgan fingerprint density at radius 3 is 2.79 bits per heavy atom. The molecule has 0 aromatic heterocycles. The second kappa shape index (κ2) is 5.59. The summed E-state index contributed by atoms with van der Waals surface area (Å²) in [6, 6.07) is 5.64. The van der Waals surface area contributed by atoms with E-state index in [1.54, 1.807) is 12.1 Å². The number of nitrogens with two attached hydrogens (primary N) is 1. The fourth-order valence-corrected chi connectivity index (χ4v) is 2.96. The fraction of sp³-hybridized carbons (Fsp3) is 0.625. The van der Waals surface area contributed by atoms with Crippen LogP contribution >= 0.6 is 0 Å². The molecule has 1 unspecified atom stereocenters. The van der Waals surface area contributed by atoms with E-state index in [1.807, 2.05) is 6.07 Å². The lowest BCUT2D eigenvalue weighted by Crippen LogP contribution is -2.52. The van der Waals surface area contributed by atoms with Crippen LogP contribution in [0.25, 0.3) is 0 Å². The molecule has 0 bridgehead atoms. The normalized spacial score (nSPS) is 23.5. The van der Waals surface area contributed by atoms with Crippen LogP contribution < -0.4 is 5.73 Å². The van der Waals surface area contributed by atoms with Crippen LogP contribution in [0.3, 0.4) is 0 Å². The minimum atomic E-state index is -0.0768. The van der Waals surface area contributed by atoms with Gasteiger partial charge >= 0.3 is 0 Å². The van der Waals surface area contributed by atoms with Gasteiger partial charge in [-0.05, 0) is 29.9 Å². The van der Waals surface area contributed by atoms with E-state index in [-0.39, 0.29) is 17.3 Å². The molecule has 2 rings (SSSR count). The Labute approximate surface area is 115 Å². The van der Waals surface area contributed by atoms with Crippen LogP contribution in [-0.4, -0.2) is 24.0 Å². The summed E-state index contributed by atoms with van der Waals surface area (Å²) in [6.07, 6.45) is 1.87. The van der Waals surface area contributed by atoms with E-state index in [4.69, 9.17) is 5.73 Å². The van der Waals surface area contributed by atoms with Crippen molar-refractivity contribution in [2.24, 2.45) is 11.1 Å². The first kappa shape index (κ1) is 14.5. The number of piperidine rings is 1. The smallest absolute Gasteiger partial charge is 0.127 e. The van der Waals surface area contributed by atoms with E-state index in [2.05, 4.69) is 25.7 Å². The molecule has 1 aliphatic rings. The average molecular weight is 264 g/mol. The summed E-state index contributed by atoms with van der Waals surface area (Å²) in [5.74, 6) is -0.0768. The van der Waals surface area contributed by atoms with Crippen LogP contribution in [0.5, 0.6) is 0 Å². The monoisotopic (exact) mass is 264 g/mol. The van der Waals surface area contributed by atoms with Crippen molar-refractivity contribution in [1.29, 1.82) is 0 Å². The molecule has 0 aliphatic carbocycles. The molecule has 3 heteroatoms. The molecule has 2 N–H and O–H groups in total. The predicted octanol–water partition coefficient (Wildman–Crippen LogP) is 2.95. The number of aryl methyl sites for hydroxylation is 1. The highest BCUT2D eigenvalue weighted by Crippen LogP contribution is 2.29. The molecule has 0 spiro atoms. The number of benzene rings is 1. The number of nitrogens with zero attached hydrogens (tertiary/aromatic N) is 1. The van der Waals surface area contributed by atoms with E-state index in [1.165, 1.54) is 0 Å². The molecule has 1 aliphatic heterocycles. The maximum Gasteiger partial charge on any atom is 0.127 e. The Bertz CT molecular complexity index is 442. The molecule has 0 radical (unpaired) electrons. The van der Waals surface area contributed by atoms with Crippen LogP contribution in [0.15, 0.2) is 18.2 Å². The third kappa shape index (κ3) is 3.15. The molecular weight excluding hydrogens is 239 g/mol. The molecule has 0 amide bonds. The van der Waals surface area contributed by atoms with E-state index in [0.717, 1.165) is 37.1 Å². The number of rotatable bonds is 3. The third-order valence-electron chi connectivity index (χ3n) is 4.37. The second-order valence-electron chi connectivity index (χ2n) is 6.33. The van der Waals surface area contributed by atoms with E-state index in [9.17, 15) is 4.39 Å². The van der Waals surface area contributed by atoms with E-state index < -0.39 is 0 Å². The van der Waals surface area contributed by atoms with Gasteiger partial charge in [0.1, 0.15) is 5.82 Å². The number of halogens is 1. The summed E-state index contributed by atoms with van der Waals surface area (Å²) < 4.78 is 14.0. The van der Waals surface area contributed by atoms with Crippen LogP contribution in [0.1, 0.15) is 38.3 Å². The van der Waals surface area contributed by atoms with Gasteiger partial charge < -0.3 is 5.73 Å². The lowest BCUT2D eigenvalue weighted by atomic mass is 9.79. The molecule has 1 fully saturated rings. The molecule has 106 valence electrons. The van der Waals surface area contributed by atoms with Crippen molar-refractivity contribution in [3.8, 4) is 0 Å². The predicted molar refractivity (Wildman–Crippen MR) is 77.4 cm³/mol. The molecule has 1 aromatic carbocycles. The van der Waals surface area contributed by atoms with Gasteiger partial charge in [-0.25, -0.2) is 4.39 Å². The summed E-state index contributed by atoms with van der Waals surface area (Å²) in [5, 5.41) is 0. The largest absolute Gasteiger partial charge is 0.327 e. The first-order chi connectivity index (χ1) is 8.94. The maximum absolute atomic E-state index is 14.0. The minimum Gasteiger partial charge on any atom is -0.327 e. The maximum atomic E-state index is 14.0. The Morgan fingerprint density at radius 2 is 2.16 bits per heavy atom. The van der Waals surface area contributed by atoms with Gasteiger partial charge in [0.2, 0.25) is 0 Å². The summed E-state index contributed by atoms with van der Waals surface area (Å²) in [5.41, 5.74) is 8.24. The van der Waals surface area contributed by atoms with Crippen LogP contribution in [0.2, 0.25) is 0 Å². The van der Waals surface area contributed by atoms with Crippen molar-refractivity contribution in [2.75, 3.05) is 13.1 Å². The van der Waals surface area contributed by atoms with Gasteiger partial charge in [0.05, 0.1) is 0 Å². The number of likely N-dealkylation sites (tertiary alicyclic amines) is 1. The quantitative estimate of drug-likeness (QED) is 0.909. The van der Waals surface area contributed by atoms with Gasteiger partial charge in [-0.15, -0.1) is 0 Å². The SMILES string of the molecule is CCc1cccc(F)c1CN1CCC(N)C(C)(C)C1. The van der Waals surface area contributed by atoms with Gasteiger partial charge in [0, 0.05) is 31.2 Å². The van der Waals surface area contributed by atoms with Gasteiger partial charge in [-0.1, -0.05) is 32.9 Å². The summed E-state index contributed by atoms with van der Waals surface area (Å²) in [4.78, 5) is 2.33. The molecule has 0 saturated carbocycles. The summed E-state index contributed by atoms with van der Waals surface area (Å²) in [6.45, 7) is 9.08. The van der Waals surface area contributed by atoms with Gasteiger partial charge in [-0.2, -0.15) is 0 Å². The Morgan fingerprint density at radius 1 is 1.42 bits per heavy atom. The van der Waals surface area contributed by atoms with Crippen molar-refractivity contribution in [1.82, 2.24) is 4.90 Å². The fourth-order valence-electron chi connectivity index (χ4n) is 2.96. The highest BCUT2D eigenvalue weighted by molar-refractivity contribution is 5.28. The molecule has 2 nitrogen and oxygen atoms in total. The van der Waals surface area contributed by atoms with Crippen molar-refractivity contribution in [2.45, 2.75) is 46.2 Å². The lowest BCUT2D eigenvalue weighted by molar-refractivity contribution is 0.0888. The molecule has 1 saturated heterocycles. The summed E-state index contributed by atoms with van der Waals surface area (Å²) in [7, 11) is 0. The number of hydrogen-bond acceptors (Lipinski definition) is 2. The topological polar surface area (TPSA) is 29.3 Å². The van der Waals surface area contributed by atoms with Crippen molar-refractivity contribution >= 4 is 0 Å².